The fraction of sp³-hybridized carbons (Fsp3) is 0.154. The van der Waals surface area contributed by atoms with Crippen LogP contribution in [0.2, 0.25) is 5.28 Å². The van der Waals surface area contributed by atoms with Crippen molar-refractivity contribution in [3.05, 3.63) is 36.1 Å². The quantitative estimate of drug-likeness (QED) is 0.748. The van der Waals surface area contributed by atoms with E-state index < -0.39 is 0 Å². The maximum Gasteiger partial charge on any atom is 0.231 e. The summed E-state index contributed by atoms with van der Waals surface area (Å²) in [5.41, 5.74) is 2.70. The van der Waals surface area contributed by atoms with Crippen LogP contribution in [0.3, 0.4) is 0 Å². The van der Waals surface area contributed by atoms with Gasteiger partial charge in [-0.3, -0.25) is 9.97 Å². The van der Waals surface area contributed by atoms with Crippen LogP contribution < -0.4 is 10.6 Å². The molecule has 2 heterocycles. The van der Waals surface area contributed by atoms with E-state index in [4.69, 9.17) is 11.6 Å². The number of hydrogen-bond acceptors (Lipinski definition) is 6. The van der Waals surface area contributed by atoms with Crippen LogP contribution in [0.25, 0.3) is 11.0 Å². The van der Waals surface area contributed by atoms with Crippen LogP contribution in [0, 0.1) is 0 Å². The molecule has 3 aromatic rings. The van der Waals surface area contributed by atoms with Crippen LogP contribution >= 0.6 is 19.5 Å². The third-order valence-electron chi connectivity index (χ3n) is 2.85. The second kappa shape index (κ2) is 5.84. The summed E-state index contributed by atoms with van der Waals surface area (Å²) in [6.45, 7) is 4.34. The standard InChI is InChI=1S/C13H12ClN6P/c1-21(2)11-9(19-13-18-7-17-12(14)20-13)4-3-8-10(11)16-6-5-15-8/h3-7H,1-2H3,(H,17,18,19,20). The minimum Gasteiger partial charge on any atom is -0.323 e. The molecule has 2 aromatic heterocycles. The highest BCUT2D eigenvalue weighted by Gasteiger charge is 2.14. The molecule has 0 fully saturated rings. The van der Waals surface area contributed by atoms with Crippen molar-refractivity contribution in [1.82, 2.24) is 24.9 Å². The zero-order chi connectivity index (χ0) is 14.8. The summed E-state index contributed by atoms with van der Waals surface area (Å²) < 4.78 is 0. The lowest BCUT2D eigenvalue weighted by molar-refractivity contribution is 1.05. The summed E-state index contributed by atoms with van der Waals surface area (Å²) in [6, 6.07) is 3.89. The largest absolute Gasteiger partial charge is 0.323 e. The van der Waals surface area contributed by atoms with Crippen molar-refractivity contribution < 1.29 is 0 Å². The van der Waals surface area contributed by atoms with E-state index in [0.29, 0.717) is 5.95 Å². The highest BCUT2D eigenvalue weighted by atomic mass is 35.5. The molecule has 0 bridgehead atoms. The van der Waals surface area contributed by atoms with Gasteiger partial charge in [0.15, 0.2) is 0 Å². The van der Waals surface area contributed by atoms with Gasteiger partial charge in [0.05, 0.1) is 16.7 Å². The molecular formula is C13H12ClN6P. The highest BCUT2D eigenvalue weighted by Crippen LogP contribution is 2.32. The molecule has 0 unspecified atom stereocenters. The van der Waals surface area contributed by atoms with Crippen molar-refractivity contribution in [2.24, 2.45) is 0 Å². The lowest BCUT2D eigenvalue weighted by Gasteiger charge is -2.15. The maximum absolute atomic E-state index is 5.79. The van der Waals surface area contributed by atoms with Gasteiger partial charge in [0, 0.05) is 17.7 Å². The van der Waals surface area contributed by atoms with Crippen LogP contribution in [0.5, 0.6) is 0 Å². The van der Waals surface area contributed by atoms with E-state index >= 15 is 0 Å². The van der Waals surface area contributed by atoms with Crippen LogP contribution in [-0.2, 0) is 0 Å². The predicted molar refractivity (Wildman–Crippen MR) is 86.1 cm³/mol. The summed E-state index contributed by atoms with van der Waals surface area (Å²) in [4.78, 5) is 20.7. The number of benzene rings is 1. The molecule has 0 aliphatic heterocycles. The molecule has 1 N–H and O–H groups in total. The molecule has 0 amide bonds. The average molecular weight is 319 g/mol. The predicted octanol–water partition coefficient (Wildman–Crippen LogP) is 2.58. The molecular weight excluding hydrogens is 307 g/mol. The Morgan fingerprint density at radius 1 is 1.05 bits per heavy atom. The molecule has 8 heteroatoms. The van der Waals surface area contributed by atoms with Gasteiger partial charge in [-0.1, -0.05) is 7.92 Å². The monoisotopic (exact) mass is 318 g/mol. The fourth-order valence-corrected chi connectivity index (χ4v) is 3.36. The number of nitrogens with zero attached hydrogens (tertiary/aromatic N) is 5. The van der Waals surface area contributed by atoms with Gasteiger partial charge in [-0.25, -0.2) is 9.97 Å². The van der Waals surface area contributed by atoms with Gasteiger partial charge in [0.1, 0.15) is 6.33 Å². The van der Waals surface area contributed by atoms with E-state index in [0.717, 1.165) is 22.0 Å². The van der Waals surface area contributed by atoms with Crippen LogP contribution in [0.4, 0.5) is 11.6 Å². The summed E-state index contributed by atoms with van der Waals surface area (Å²) in [6.07, 6.45) is 4.77. The van der Waals surface area contributed by atoms with Crippen LogP contribution in [0.15, 0.2) is 30.9 Å². The van der Waals surface area contributed by atoms with Gasteiger partial charge in [0.2, 0.25) is 11.2 Å². The maximum atomic E-state index is 5.79. The molecule has 6 nitrogen and oxygen atoms in total. The third kappa shape index (κ3) is 2.91. The second-order valence-corrected chi connectivity index (χ2v) is 7.06. The second-order valence-electron chi connectivity index (χ2n) is 4.48. The fourth-order valence-electron chi connectivity index (χ4n) is 2.03. The summed E-state index contributed by atoms with van der Waals surface area (Å²) in [7, 11) is -0.389. The van der Waals surface area contributed by atoms with Gasteiger partial charge < -0.3 is 5.32 Å². The Morgan fingerprint density at radius 3 is 2.62 bits per heavy atom. The Kier molecular flexibility index (Phi) is 3.90. The average Bonchev–Trinajstić information content (AvgIpc) is 2.46. The molecule has 0 saturated carbocycles. The first-order valence-electron chi connectivity index (χ1n) is 6.18. The molecule has 0 radical (unpaired) electrons. The lowest BCUT2D eigenvalue weighted by Crippen LogP contribution is -2.12. The molecule has 0 aliphatic carbocycles. The Morgan fingerprint density at radius 2 is 1.86 bits per heavy atom. The number of rotatable bonds is 3. The van der Waals surface area contributed by atoms with Crippen molar-refractivity contribution >= 4 is 47.5 Å². The topological polar surface area (TPSA) is 76.5 Å². The van der Waals surface area contributed by atoms with Crippen molar-refractivity contribution in [3.8, 4) is 0 Å². The van der Waals surface area contributed by atoms with Crippen molar-refractivity contribution in [2.75, 3.05) is 18.6 Å². The molecule has 0 atom stereocenters. The van der Waals surface area contributed by atoms with Gasteiger partial charge in [-0.05, 0) is 37.1 Å². The Labute approximate surface area is 127 Å². The minimum absolute atomic E-state index is 0.157. The molecule has 1 aromatic carbocycles. The zero-order valence-corrected chi connectivity index (χ0v) is 13.1. The SMILES string of the molecule is CP(C)c1c(Nc2ncnc(Cl)n2)ccc2nccnc12. The Bertz CT molecular complexity index is 794. The molecule has 0 aliphatic rings. The summed E-state index contributed by atoms with van der Waals surface area (Å²) in [5.74, 6) is 0.413. The van der Waals surface area contributed by atoms with Crippen molar-refractivity contribution in [2.45, 2.75) is 0 Å². The van der Waals surface area contributed by atoms with E-state index in [1.165, 1.54) is 6.33 Å². The van der Waals surface area contributed by atoms with E-state index in [1.807, 2.05) is 12.1 Å². The Hall–Kier alpha value is -1.91. The third-order valence-corrected chi connectivity index (χ3v) is 4.38. The van der Waals surface area contributed by atoms with Crippen LogP contribution in [-0.4, -0.2) is 38.2 Å². The first kappa shape index (κ1) is 14.0. The molecule has 21 heavy (non-hydrogen) atoms. The molecule has 106 valence electrons. The highest BCUT2D eigenvalue weighted by molar-refractivity contribution is 7.65. The van der Waals surface area contributed by atoms with E-state index in [9.17, 15) is 0 Å². The van der Waals surface area contributed by atoms with Gasteiger partial charge in [-0.2, -0.15) is 4.98 Å². The number of anilines is 2. The van der Waals surface area contributed by atoms with Gasteiger partial charge in [0.25, 0.3) is 0 Å². The number of nitrogens with one attached hydrogen (secondary N) is 1. The van der Waals surface area contributed by atoms with Crippen LogP contribution in [0.1, 0.15) is 0 Å². The van der Waals surface area contributed by atoms with E-state index in [2.05, 4.69) is 43.6 Å². The summed E-state index contributed by atoms with van der Waals surface area (Å²) in [5, 5.41) is 4.48. The van der Waals surface area contributed by atoms with E-state index in [-0.39, 0.29) is 13.2 Å². The first-order chi connectivity index (χ1) is 10.1. The van der Waals surface area contributed by atoms with Gasteiger partial charge >= 0.3 is 0 Å². The smallest absolute Gasteiger partial charge is 0.231 e. The number of fused-ring (bicyclic) bond motifs is 1. The van der Waals surface area contributed by atoms with E-state index in [1.54, 1.807) is 12.4 Å². The lowest BCUT2D eigenvalue weighted by atomic mass is 10.2. The normalized spacial score (nSPS) is 11.0. The molecule has 0 saturated heterocycles. The van der Waals surface area contributed by atoms with Gasteiger partial charge in [-0.15, -0.1) is 0 Å². The number of aromatic nitrogens is 5. The first-order valence-corrected chi connectivity index (χ1v) is 8.79. The van der Waals surface area contributed by atoms with Crippen molar-refractivity contribution in [1.29, 1.82) is 0 Å². The number of hydrogen-bond donors (Lipinski definition) is 1. The molecule has 3 rings (SSSR count). The van der Waals surface area contributed by atoms with Crippen molar-refractivity contribution in [3.63, 3.8) is 0 Å². The minimum atomic E-state index is -0.389. The summed E-state index contributed by atoms with van der Waals surface area (Å²) >= 11 is 5.79. The molecule has 0 spiro atoms. The zero-order valence-electron chi connectivity index (χ0n) is 11.4. The number of halogens is 1. The Balaban J connectivity index is 2.11.